The minimum absolute atomic E-state index is 0.119. The predicted octanol–water partition coefficient (Wildman–Crippen LogP) is 3.03. The Bertz CT molecular complexity index is 784. The van der Waals surface area contributed by atoms with Gasteiger partial charge in [-0.25, -0.2) is 4.98 Å². The van der Waals surface area contributed by atoms with Gasteiger partial charge in [0.1, 0.15) is 11.5 Å². The van der Waals surface area contributed by atoms with Crippen molar-refractivity contribution in [2.24, 2.45) is 0 Å². The summed E-state index contributed by atoms with van der Waals surface area (Å²) in [5, 5.41) is 0. The molecule has 2 aromatic heterocycles. The smallest absolute Gasteiger partial charge is 0.264 e. The van der Waals surface area contributed by atoms with Crippen LogP contribution in [-0.2, 0) is 12.8 Å². The van der Waals surface area contributed by atoms with Crippen LogP contribution in [0.5, 0.6) is 0 Å². The van der Waals surface area contributed by atoms with Crippen molar-refractivity contribution < 1.29 is 4.79 Å². The highest BCUT2D eigenvalue weighted by Crippen LogP contribution is 2.41. The lowest BCUT2D eigenvalue weighted by Gasteiger charge is -2.26. The summed E-state index contributed by atoms with van der Waals surface area (Å²) in [7, 11) is 0. The highest BCUT2D eigenvalue weighted by Gasteiger charge is 2.35. The average molecular weight is 293 g/mol. The van der Waals surface area contributed by atoms with E-state index in [0.717, 1.165) is 48.7 Å². The molecule has 0 aromatic carbocycles. The Morgan fingerprint density at radius 2 is 1.77 bits per heavy atom. The fraction of sp³-hybridized carbons (Fsp3) is 0.444. The van der Waals surface area contributed by atoms with Gasteiger partial charge in [0.2, 0.25) is 0 Å². The first-order valence-corrected chi connectivity index (χ1v) is 8.38. The standard InChI is InChI=1S/C18H19N3O/c22-18-15-12-6-1-2-7-13(12)17(20-9-3-4-10-20)19-16(15)14-8-5-11-21(14)18/h5,8,11H,1-4,6-7,9-10H2. The fourth-order valence-electron chi connectivity index (χ4n) is 4.28. The Labute approximate surface area is 129 Å². The third-order valence-corrected chi connectivity index (χ3v) is 5.32. The Kier molecular flexibility index (Phi) is 2.52. The van der Waals surface area contributed by atoms with Crippen molar-refractivity contribution >= 4 is 11.7 Å². The van der Waals surface area contributed by atoms with Crippen molar-refractivity contribution in [3.05, 3.63) is 35.0 Å². The molecule has 2 aromatic rings. The SMILES string of the molecule is O=C1c2c(nc(N3CCCC3)c3c2CCCC3)-c2cccn21. The van der Waals surface area contributed by atoms with Crippen LogP contribution in [0.4, 0.5) is 5.82 Å². The molecular weight excluding hydrogens is 274 g/mol. The van der Waals surface area contributed by atoms with E-state index in [0.29, 0.717) is 0 Å². The zero-order chi connectivity index (χ0) is 14.7. The van der Waals surface area contributed by atoms with Crippen molar-refractivity contribution in [1.82, 2.24) is 9.55 Å². The van der Waals surface area contributed by atoms with Gasteiger partial charge in [0.05, 0.1) is 11.3 Å². The van der Waals surface area contributed by atoms with Gasteiger partial charge in [-0.15, -0.1) is 0 Å². The van der Waals surface area contributed by atoms with Gasteiger partial charge in [0.25, 0.3) is 5.91 Å². The van der Waals surface area contributed by atoms with Crippen LogP contribution >= 0.6 is 0 Å². The number of pyridine rings is 1. The van der Waals surface area contributed by atoms with Crippen LogP contribution in [-0.4, -0.2) is 28.5 Å². The number of carbonyl (C=O) groups is 1. The summed E-state index contributed by atoms with van der Waals surface area (Å²) in [6.45, 7) is 2.21. The number of fused-ring (bicyclic) bond motifs is 5. The predicted molar refractivity (Wildman–Crippen MR) is 85.5 cm³/mol. The second-order valence-electron chi connectivity index (χ2n) is 6.59. The molecule has 22 heavy (non-hydrogen) atoms. The summed E-state index contributed by atoms with van der Waals surface area (Å²) < 4.78 is 1.76. The molecule has 4 nitrogen and oxygen atoms in total. The third kappa shape index (κ3) is 1.52. The molecule has 1 saturated heterocycles. The lowest BCUT2D eigenvalue weighted by atomic mass is 9.87. The molecule has 0 spiro atoms. The Morgan fingerprint density at radius 1 is 1.00 bits per heavy atom. The molecule has 1 fully saturated rings. The summed E-state index contributed by atoms with van der Waals surface area (Å²) in [5.74, 6) is 1.28. The van der Waals surface area contributed by atoms with Crippen LogP contribution in [0.3, 0.4) is 0 Å². The highest BCUT2D eigenvalue weighted by molar-refractivity contribution is 6.09. The quantitative estimate of drug-likeness (QED) is 0.692. The minimum atomic E-state index is 0.119. The van der Waals surface area contributed by atoms with Gasteiger partial charge in [-0.1, -0.05) is 0 Å². The van der Waals surface area contributed by atoms with Crippen LogP contribution in [0.15, 0.2) is 18.3 Å². The molecule has 1 aliphatic carbocycles. The van der Waals surface area contributed by atoms with Crippen molar-refractivity contribution in [1.29, 1.82) is 0 Å². The van der Waals surface area contributed by atoms with E-state index in [4.69, 9.17) is 4.98 Å². The molecule has 5 rings (SSSR count). The summed E-state index contributed by atoms with van der Waals surface area (Å²) in [6, 6.07) is 3.95. The Morgan fingerprint density at radius 3 is 2.59 bits per heavy atom. The molecule has 3 aliphatic rings. The highest BCUT2D eigenvalue weighted by atomic mass is 16.2. The number of nitrogens with zero attached hydrogens (tertiary/aromatic N) is 3. The van der Waals surface area contributed by atoms with Crippen molar-refractivity contribution in [2.45, 2.75) is 38.5 Å². The molecule has 0 amide bonds. The van der Waals surface area contributed by atoms with E-state index in [1.54, 1.807) is 4.57 Å². The zero-order valence-corrected chi connectivity index (χ0v) is 12.6. The molecule has 0 radical (unpaired) electrons. The van der Waals surface area contributed by atoms with Gasteiger partial charge in [-0.05, 0) is 61.8 Å². The van der Waals surface area contributed by atoms with E-state index in [9.17, 15) is 4.79 Å². The van der Waals surface area contributed by atoms with E-state index >= 15 is 0 Å². The first kappa shape index (κ1) is 12.4. The molecule has 2 aliphatic heterocycles. The number of aromatic nitrogens is 2. The van der Waals surface area contributed by atoms with Crippen molar-refractivity contribution in [3.63, 3.8) is 0 Å². The fourth-order valence-corrected chi connectivity index (χ4v) is 4.28. The Hall–Kier alpha value is -2.10. The normalized spacial score (nSPS) is 19.3. The number of anilines is 1. The summed E-state index contributed by atoms with van der Waals surface area (Å²) in [6.07, 6.45) is 8.87. The first-order chi connectivity index (χ1) is 10.8. The minimum Gasteiger partial charge on any atom is -0.356 e. The van der Waals surface area contributed by atoms with Crippen LogP contribution in [0.1, 0.15) is 47.2 Å². The van der Waals surface area contributed by atoms with Gasteiger partial charge in [0.15, 0.2) is 0 Å². The lowest BCUT2D eigenvalue weighted by Crippen LogP contribution is -2.24. The summed E-state index contributed by atoms with van der Waals surface area (Å²) >= 11 is 0. The van der Waals surface area contributed by atoms with E-state index in [1.807, 2.05) is 18.3 Å². The molecule has 4 heteroatoms. The number of hydrogen-bond donors (Lipinski definition) is 0. The summed E-state index contributed by atoms with van der Waals surface area (Å²) in [5.41, 5.74) is 5.40. The van der Waals surface area contributed by atoms with Crippen molar-refractivity contribution in [3.8, 4) is 11.4 Å². The van der Waals surface area contributed by atoms with Crippen LogP contribution in [0, 0.1) is 0 Å². The lowest BCUT2D eigenvalue weighted by molar-refractivity contribution is 0.0968. The van der Waals surface area contributed by atoms with E-state index in [2.05, 4.69) is 4.90 Å². The van der Waals surface area contributed by atoms with Crippen molar-refractivity contribution in [2.75, 3.05) is 18.0 Å². The Balaban J connectivity index is 1.79. The topological polar surface area (TPSA) is 38.1 Å². The van der Waals surface area contributed by atoms with Gasteiger partial charge in [-0.3, -0.25) is 9.36 Å². The second kappa shape index (κ2) is 4.45. The molecule has 0 N–H and O–H groups in total. The monoisotopic (exact) mass is 293 g/mol. The van der Waals surface area contributed by atoms with Crippen LogP contribution < -0.4 is 4.90 Å². The van der Waals surface area contributed by atoms with Gasteiger partial charge in [-0.2, -0.15) is 0 Å². The third-order valence-electron chi connectivity index (χ3n) is 5.32. The average Bonchev–Trinajstić information content (AvgIpc) is 3.26. The van der Waals surface area contributed by atoms with Crippen LogP contribution in [0.2, 0.25) is 0 Å². The van der Waals surface area contributed by atoms with Crippen LogP contribution in [0.25, 0.3) is 11.4 Å². The maximum absolute atomic E-state index is 12.8. The number of rotatable bonds is 1. The van der Waals surface area contributed by atoms with E-state index < -0.39 is 0 Å². The maximum Gasteiger partial charge on any atom is 0.264 e. The first-order valence-electron chi connectivity index (χ1n) is 8.38. The second-order valence-corrected chi connectivity index (χ2v) is 6.59. The van der Waals surface area contributed by atoms with E-state index in [1.165, 1.54) is 36.8 Å². The maximum atomic E-state index is 12.8. The van der Waals surface area contributed by atoms with E-state index in [-0.39, 0.29) is 5.91 Å². The molecule has 0 atom stereocenters. The zero-order valence-electron chi connectivity index (χ0n) is 12.6. The molecule has 0 bridgehead atoms. The van der Waals surface area contributed by atoms with Gasteiger partial charge < -0.3 is 4.90 Å². The molecule has 112 valence electrons. The number of hydrogen-bond acceptors (Lipinski definition) is 3. The number of carbonyl (C=O) groups excluding carboxylic acids is 1. The molecule has 4 heterocycles. The summed E-state index contributed by atoms with van der Waals surface area (Å²) in [4.78, 5) is 20.2. The van der Waals surface area contributed by atoms with Gasteiger partial charge >= 0.3 is 0 Å². The van der Waals surface area contributed by atoms with Gasteiger partial charge in [0, 0.05) is 19.3 Å². The molecule has 0 saturated carbocycles. The largest absolute Gasteiger partial charge is 0.356 e. The molecular formula is C18H19N3O. The molecule has 0 unspecified atom stereocenters.